The number of aromatic nitrogens is 3. The third kappa shape index (κ3) is 4.02. The maximum absolute atomic E-state index is 12.1. The van der Waals surface area contributed by atoms with E-state index in [0.29, 0.717) is 37.2 Å². The van der Waals surface area contributed by atoms with E-state index in [4.69, 9.17) is 28.5 Å². The van der Waals surface area contributed by atoms with Gasteiger partial charge < -0.3 is 9.88 Å². The van der Waals surface area contributed by atoms with Crippen LogP contribution >= 0.6 is 46.3 Å². The van der Waals surface area contributed by atoms with Crippen LogP contribution in [0.4, 0.5) is 5.00 Å². The maximum Gasteiger partial charge on any atom is 0.235 e. The van der Waals surface area contributed by atoms with Gasteiger partial charge in [0, 0.05) is 17.6 Å². The molecule has 0 spiro atoms. The Kier molecular flexibility index (Phi) is 5.84. The van der Waals surface area contributed by atoms with Gasteiger partial charge in [-0.3, -0.25) is 4.79 Å². The lowest BCUT2D eigenvalue weighted by Crippen LogP contribution is -2.14. The highest BCUT2D eigenvalue weighted by molar-refractivity contribution is 7.99. The van der Waals surface area contributed by atoms with Gasteiger partial charge >= 0.3 is 0 Å². The topological polar surface area (TPSA) is 83.6 Å². The van der Waals surface area contributed by atoms with Crippen molar-refractivity contribution >= 4 is 57.2 Å². The van der Waals surface area contributed by atoms with E-state index in [9.17, 15) is 4.79 Å². The Labute approximate surface area is 167 Å². The van der Waals surface area contributed by atoms with Crippen LogP contribution < -0.4 is 5.32 Å². The molecular formula is C16H11Cl2N5OS2. The summed E-state index contributed by atoms with van der Waals surface area (Å²) in [5.74, 6) is 0.505. The van der Waals surface area contributed by atoms with Crippen LogP contribution in [0.1, 0.15) is 5.56 Å². The minimum Gasteiger partial charge on any atom is -0.316 e. The van der Waals surface area contributed by atoms with Crippen LogP contribution in [0.2, 0.25) is 10.0 Å². The van der Waals surface area contributed by atoms with Gasteiger partial charge in [-0.15, -0.1) is 21.5 Å². The first-order valence-corrected chi connectivity index (χ1v) is 9.86. The summed E-state index contributed by atoms with van der Waals surface area (Å²) >= 11 is 14.7. The number of halogens is 2. The standard InChI is InChI=1S/C16H11Cl2N5OS2/c1-23-14(11-3-2-10(17)6-12(11)18)21-22-16(23)26-8-13(24)20-15-9(7-19)4-5-25-15/h2-6H,8H2,1H3,(H,20,24). The first-order valence-electron chi connectivity index (χ1n) is 7.24. The number of thiophene rings is 1. The molecule has 3 aromatic rings. The van der Waals surface area contributed by atoms with Gasteiger partial charge in [-0.1, -0.05) is 35.0 Å². The zero-order valence-electron chi connectivity index (χ0n) is 13.4. The number of nitrogens with zero attached hydrogens (tertiary/aromatic N) is 4. The Bertz CT molecular complexity index is 1010. The van der Waals surface area contributed by atoms with Crippen molar-refractivity contribution in [2.75, 3.05) is 11.1 Å². The number of nitriles is 1. The molecule has 0 aliphatic carbocycles. The molecule has 132 valence electrons. The first-order chi connectivity index (χ1) is 12.5. The molecule has 2 aromatic heterocycles. The summed E-state index contributed by atoms with van der Waals surface area (Å²) in [6, 6.07) is 8.84. The predicted molar refractivity (Wildman–Crippen MR) is 105 cm³/mol. The number of rotatable bonds is 5. The second kappa shape index (κ2) is 8.10. The molecule has 0 atom stereocenters. The lowest BCUT2D eigenvalue weighted by Gasteiger charge is -2.06. The Morgan fingerprint density at radius 3 is 2.92 bits per heavy atom. The summed E-state index contributed by atoms with van der Waals surface area (Å²) in [7, 11) is 1.80. The average Bonchev–Trinajstić information content (AvgIpc) is 3.20. The lowest BCUT2D eigenvalue weighted by molar-refractivity contribution is -0.113. The smallest absolute Gasteiger partial charge is 0.235 e. The molecule has 0 saturated carbocycles. The van der Waals surface area contributed by atoms with E-state index in [1.807, 2.05) is 6.07 Å². The number of anilines is 1. The minimum atomic E-state index is -0.219. The van der Waals surface area contributed by atoms with Crippen LogP contribution in [-0.2, 0) is 11.8 Å². The molecule has 1 aromatic carbocycles. The van der Waals surface area contributed by atoms with E-state index >= 15 is 0 Å². The fourth-order valence-corrected chi connectivity index (χ4v) is 4.09. The lowest BCUT2D eigenvalue weighted by atomic mass is 10.2. The summed E-state index contributed by atoms with van der Waals surface area (Å²) < 4.78 is 1.76. The fraction of sp³-hybridized carbons (Fsp3) is 0.125. The number of hydrogen-bond donors (Lipinski definition) is 1. The molecule has 10 heteroatoms. The highest BCUT2D eigenvalue weighted by Crippen LogP contribution is 2.30. The molecule has 1 N–H and O–H groups in total. The van der Waals surface area contributed by atoms with Gasteiger partial charge in [0.1, 0.15) is 11.1 Å². The number of benzene rings is 1. The number of nitrogens with one attached hydrogen (secondary N) is 1. The monoisotopic (exact) mass is 423 g/mol. The Morgan fingerprint density at radius 2 is 2.19 bits per heavy atom. The molecule has 0 radical (unpaired) electrons. The zero-order valence-corrected chi connectivity index (χ0v) is 16.5. The second-order valence-electron chi connectivity index (χ2n) is 5.10. The van der Waals surface area contributed by atoms with E-state index in [1.54, 1.807) is 41.3 Å². The predicted octanol–water partition coefficient (Wildman–Crippen LogP) is 4.45. The van der Waals surface area contributed by atoms with Gasteiger partial charge in [0.25, 0.3) is 0 Å². The molecule has 1 amide bonds. The van der Waals surface area contributed by atoms with Crippen molar-refractivity contribution < 1.29 is 4.79 Å². The van der Waals surface area contributed by atoms with Crippen LogP contribution in [0.25, 0.3) is 11.4 Å². The minimum absolute atomic E-state index is 0.142. The average molecular weight is 424 g/mol. The molecule has 26 heavy (non-hydrogen) atoms. The van der Waals surface area contributed by atoms with E-state index in [0.717, 1.165) is 0 Å². The fourth-order valence-electron chi connectivity index (χ4n) is 2.13. The summed E-state index contributed by atoms with van der Waals surface area (Å²) in [6.07, 6.45) is 0. The maximum atomic E-state index is 12.1. The van der Waals surface area contributed by atoms with Crippen molar-refractivity contribution in [1.82, 2.24) is 14.8 Å². The van der Waals surface area contributed by atoms with Crippen LogP contribution in [0, 0.1) is 11.3 Å². The van der Waals surface area contributed by atoms with E-state index in [-0.39, 0.29) is 11.7 Å². The molecule has 0 fully saturated rings. The normalized spacial score (nSPS) is 10.5. The molecule has 0 aliphatic heterocycles. The second-order valence-corrected chi connectivity index (χ2v) is 7.80. The number of carbonyl (C=O) groups is 1. The van der Waals surface area contributed by atoms with Crippen molar-refractivity contribution in [3.05, 3.63) is 45.3 Å². The summed E-state index contributed by atoms with van der Waals surface area (Å²) in [5, 5.41) is 23.9. The SMILES string of the molecule is Cn1c(SCC(=O)Nc2sccc2C#N)nnc1-c1ccc(Cl)cc1Cl. The van der Waals surface area contributed by atoms with E-state index in [2.05, 4.69) is 15.5 Å². The summed E-state index contributed by atoms with van der Waals surface area (Å²) in [6.45, 7) is 0. The first kappa shape index (κ1) is 18.7. The number of amides is 1. The number of thioether (sulfide) groups is 1. The van der Waals surface area contributed by atoms with Gasteiger partial charge in [0.05, 0.1) is 16.3 Å². The molecule has 0 unspecified atom stereocenters. The van der Waals surface area contributed by atoms with Crippen LogP contribution in [0.15, 0.2) is 34.8 Å². The molecule has 0 aliphatic rings. The molecule has 0 bridgehead atoms. The highest BCUT2D eigenvalue weighted by atomic mass is 35.5. The largest absolute Gasteiger partial charge is 0.316 e. The Morgan fingerprint density at radius 1 is 1.38 bits per heavy atom. The Balaban J connectivity index is 1.69. The van der Waals surface area contributed by atoms with Gasteiger partial charge in [-0.2, -0.15) is 5.26 Å². The van der Waals surface area contributed by atoms with Gasteiger partial charge in [-0.05, 0) is 29.6 Å². The van der Waals surface area contributed by atoms with Crippen molar-refractivity contribution in [3.8, 4) is 17.5 Å². The van der Waals surface area contributed by atoms with Gasteiger partial charge in [-0.25, -0.2) is 0 Å². The van der Waals surface area contributed by atoms with Crippen molar-refractivity contribution in [2.45, 2.75) is 5.16 Å². The van der Waals surface area contributed by atoms with Crippen LogP contribution in [0.3, 0.4) is 0 Å². The zero-order chi connectivity index (χ0) is 18.7. The van der Waals surface area contributed by atoms with Crippen molar-refractivity contribution in [1.29, 1.82) is 5.26 Å². The number of carbonyl (C=O) groups excluding carboxylic acids is 1. The number of hydrogen-bond acceptors (Lipinski definition) is 6. The van der Waals surface area contributed by atoms with Crippen LogP contribution in [0.5, 0.6) is 0 Å². The molecule has 3 rings (SSSR count). The van der Waals surface area contributed by atoms with Crippen LogP contribution in [-0.4, -0.2) is 26.4 Å². The van der Waals surface area contributed by atoms with Gasteiger partial charge in [0.2, 0.25) is 5.91 Å². The van der Waals surface area contributed by atoms with Crippen molar-refractivity contribution in [3.63, 3.8) is 0 Å². The Hall–Kier alpha value is -2.05. The molecular weight excluding hydrogens is 413 g/mol. The molecule has 6 nitrogen and oxygen atoms in total. The molecule has 2 heterocycles. The third-order valence-electron chi connectivity index (χ3n) is 3.38. The molecule has 0 saturated heterocycles. The third-order valence-corrected chi connectivity index (χ3v) is 5.78. The van der Waals surface area contributed by atoms with Crippen molar-refractivity contribution in [2.24, 2.45) is 7.05 Å². The van der Waals surface area contributed by atoms with Gasteiger partial charge in [0.15, 0.2) is 11.0 Å². The highest BCUT2D eigenvalue weighted by Gasteiger charge is 2.16. The van der Waals surface area contributed by atoms with E-state index in [1.165, 1.54) is 23.1 Å². The quantitative estimate of drug-likeness (QED) is 0.612. The van der Waals surface area contributed by atoms with E-state index < -0.39 is 0 Å². The summed E-state index contributed by atoms with van der Waals surface area (Å²) in [4.78, 5) is 12.1. The summed E-state index contributed by atoms with van der Waals surface area (Å²) in [5.41, 5.74) is 1.16.